The van der Waals surface area contributed by atoms with E-state index in [1.54, 1.807) is 30.7 Å². The van der Waals surface area contributed by atoms with Gasteiger partial charge in [-0.05, 0) is 50.0 Å². The van der Waals surface area contributed by atoms with Gasteiger partial charge >= 0.3 is 6.03 Å². The molecule has 0 saturated heterocycles. The van der Waals surface area contributed by atoms with Crippen LogP contribution < -0.4 is 5.32 Å². The average molecular weight is 386 g/mol. The Hall–Kier alpha value is -2.90. The highest BCUT2D eigenvalue weighted by atomic mass is 35.5. The van der Waals surface area contributed by atoms with Crippen molar-refractivity contribution in [1.29, 1.82) is 0 Å². The summed E-state index contributed by atoms with van der Waals surface area (Å²) < 4.78 is 1.28. The predicted octanol–water partition coefficient (Wildman–Crippen LogP) is 3.09. The number of likely N-dealkylation sites (N-methyl/N-ethyl adjacent to an activating group) is 1. The van der Waals surface area contributed by atoms with E-state index in [1.807, 2.05) is 31.1 Å². The van der Waals surface area contributed by atoms with Crippen LogP contribution in [0.4, 0.5) is 4.79 Å². The van der Waals surface area contributed by atoms with E-state index in [0.29, 0.717) is 17.8 Å². The Kier molecular flexibility index (Phi) is 5.73. The number of hydrogen-bond donors (Lipinski definition) is 2. The largest absolute Gasteiger partial charge is 0.506 e. The second-order valence-electron chi connectivity index (χ2n) is 6.27. The Balaban J connectivity index is 1.99. The van der Waals surface area contributed by atoms with Crippen LogP contribution in [0.15, 0.2) is 48.9 Å². The standard InChI is InChI=1S/C19H20ClN5O2/c1-24(2)10-9-22-19(27)25-12-15(13-5-7-21-8-6-13)18(23-25)14-3-4-17(26)16(20)11-14/h3-8,11-12,26H,9-10H2,1-2H3,(H,22,27). The summed E-state index contributed by atoms with van der Waals surface area (Å²) in [6, 6.07) is 8.21. The third-order valence-electron chi connectivity index (χ3n) is 3.97. The van der Waals surface area contributed by atoms with Crippen LogP contribution in [0.3, 0.4) is 0 Å². The van der Waals surface area contributed by atoms with Gasteiger partial charge in [0.2, 0.25) is 0 Å². The van der Waals surface area contributed by atoms with Gasteiger partial charge in [0.15, 0.2) is 0 Å². The molecular formula is C19H20ClN5O2. The lowest BCUT2D eigenvalue weighted by molar-refractivity contribution is 0.238. The topological polar surface area (TPSA) is 83.3 Å². The Bertz CT molecular complexity index is 941. The van der Waals surface area contributed by atoms with E-state index in [-0.39, 0.29) is 16.8 Å². The molecule has 140 valence electrons. The summed E-state index contributed by atoms with van der Waals surface area (Å²) in [6.07, 6.45) is 5.03. The van der Waals surface area contributed by atoms with E-state index in [4.69, 9.17) is 11.6 Å². The first-order valence-corrected chi connectivity index (χ1v) is 8.75. The SMILES string of the molecule is CN(C)CCNC(=O)n1cc(-c2ccncc2)c(-c2ccc(O)c(Cl)c2)n1. The van der Waals surface area contributed by atoms with E-state index in [1.165, 1.54) is 10.7 Å². The zero-order valence-corrected chi connectivity index (χ0v) is 15.8. The fraction of sp³-hybridized carbons (Fsp3) is 0.211. The second-order valence-corrected chi connectivity index (χ2v) is 6.68. The number of amides is 1. The van der Waals surface area contributed by atoms with Gasteiger partial charge in [-0.25, -0.2) is 4.79 Å². The number of benzene rings is 1. The molecule has 3 rings (SSSR count). The van der Waals surface area contributed by atoms with Crippen LogP contribution in [0.1, 0.15) is 0 Å². The monoisotopic (exact) mass is 385 g/mol. The van der Waals surface area contributed by atoms with Gasteiger partial charge in [0.25, 0.3) is 0 Å². The lowest BCUT2D eigenvalue weighted by Crippen LogP contribution is -2.34. The molecule has 0 aliphatic carbocycles. The zero-order valence-electron chi connectivity index (χ0n) is 15.1. The molecule has 3 aromatic rings. The van der Waals surface area contributed by atoms with Gasteiger partial charge in [-0.1, -0.05) is 11.6 Å². The Morgan fingerprint density at radius 2 is 1.96 bits per heavy atom. The fourth-order valence-corrected chi connectivity index (χ4v) is 2.74. The zero-order chi connectivity index (χ0) is 19.4. The normalized spacial score (nSPS) is 11.0. The van der Waals surface area contributed by atoms with Crippen LogP contribution in [0.5, 0.6) is 5.75 Å². The van der Waals surface area contributed by atoms with Gasteiger partial charge in [-0.15, -0.1) is 0 Å². The van der Waals surface area contributed by atoms with Crippen molar-refractivity contribution in [3.63, 3.8) is 0 Å². The molecule has 0 aliphatic rings. The number of carbonyl (C=O) groups is 1. The number of rotatable bonds is 5. The first kappa shape index (κ1) is 18.9. The van der Waals surface area contributed by atoms with E-state index in [9.17, 15) is 9.90 Å². The molecule has 0 fully saturated rings. The van der Waals surface area contributed by atoms with Crippen molar-refractivity contribution in [1.82, 2.24) is 25.0 Å². The first-order valence-electron chi connectivity index (χ1n) is 8.37. The molecule has 2 aromatic heterocycles. The number of hydrogen-bond acceptors (Lipinski definition) is 5. The van der Waals surface area contributed by atoms with Gasteiger partial charge in [0, 0.05) is 42.8 Å². The Labute approximate surface area is 162 Å². The maximum absolute atomic E-state index is 12.5. The van der Waals surface area contributed by atoms with Crippen molar-refractivity contribution >= 4 is 17.6 Å². The van der Waals surface area contributed by atoms with Crippen molar-refractivity contribution in [2.45, 2.75) is 0 Å². The van der Waals surface area contributed by atoms with Crippen LogP contribution in [0.25, 0.3) is 22.4 Å². The number of halogens is 1. The Morgan fingerprint density at radius 3 is 2.63 bits per heavy atom. The number of phenols is 1. The number of carbonyl (C=O) groups excluding carboxylic acids is 1. The Morgan fingerprint density at radius 1 is 1.22 bits per heavy atom. The minimum Gasteiger partial charge on any atom is -0.506 e. The summed E-state index contributed by atoms with van der Waals surface area (Å²) in [5.74, 6) is -0.00765. The number of phenolic OH excluding ortho intramolecular Hbond substituents is 1. The molecule has 0 radical (unpaired) electrons. The molecular weight excluding hydrogens is 366 g/mol. The van der Waals surface area contributed by atoms with Gasteiger partial charge in [-0.2, -0.15) is 9.78 Å². The van der Waals surface area contributed by atoms with Crippen LogP contribution >= 0.6 is 11.6 Å². The molecule has 0 spiro atoms. The van der Waals surface area contributed by atoms with Crippen LogP contribution in [0, 0.1) is 0 Å². The molecule has 27 heavy (non-hydrogen) atoms. The second kappa shape index (κ2) is 8.20. The fourth-order valence-electron chi connectivity index (χ4n) is 2.56. The molecule has 1 amide bonds. The molecule has 1 aromatic carbocycles. The molecule has 0 unspecified atom stereocenters. The lowest BCUT2D eigenvalue weighted by atomic mass is 10.0. The minimum absolute atomic E-state index is 0.00765. The average Bonchev–Trinajstić information content (AvgIpc) is 3.10. The van der Waals surface area contributed by atoms with E-state index in [2.05, 4.69) is 15.4 Å². The molecule has 2 heterocycles. The highest BCUT2D eigenvalue weighted by molar-refractivity contribution is 6.32. The van der Waals surface area contributed by atoms with Crippen molar-refractivity contribution in [2.24, 2.45) is 0 Å². The van der Waals surface area contributed by atoms with E-state index in [0.717, 1.165) is 17.7 Å². The lowest BCUT2D eigenvalue weighted by Gasteiger charge is -2.09. The summed E-state index contributed by atoms with van der Waals surface area (Å²) in [5, 5.41) is 17.2. The number of pyridine rings is 1. The summed E-state index contributed by atoms with van der Waals surface area (Å²) >= 11 is 6.05. The molecule has 0 bridgehead atoms. The number of nitrogens with zero attached hydrogens (tertiary/aromatic N) is 4. The molecule has 7 nitrogen and oxygen atoms in total. The van der Waals surface area contributed by atoms with Crippen molar-refractivity contribution in [3.05, 3.63) is 53.9 Å². The maximum atomic E-state index is 12.5. The third kappa shape index (κ3) is 4.45. The van der Waals surface area contributed by atoms with E-state index < -0.39 is 0 Å². The number of aromatic hydroxyl groups is 1. The number of nitrogens with one attached hydrogen (secondary N) is 1. The number of aromatic nitrogens is 3. The van der Waals surface area contributed by atoms with Gasteiger partial charge in [-0.3, -0.25) is 4.98 Å². The molecule has 0 aliphatic heterocycles. The molecule has 0 atom stereocenters. The van der Waals surface area contributed by atoms with Crippen LogP contribution in [-0.2, 0) is 0 Å². The molecule has 2 N–H and O–H groups in total. The molecule has 0 saturated carbocycles. The van der Waals surface area contributed by atoms with Gasteiger partial charge < -0.3 is 15.3 Å². The van der Waals surface area contributed by atoms with Crippen molar-refractivity contribution in [3.8, 4) is 28.1 Å². The highest BCUT2D eigenvalue weighted by Crippen LogP contribution is 2.34. The van der Waals surface area contributed by atoms with Crippen molar-refractivity contribution < 1.29 is 9.90 Å². The summed E-state index contributed by atoms with van der Waals surface area (Å²) in [5.41, 5.74) is 2.92. The maximum Gasteiger partial charge on any atom is 0.342 e. The summed E-state index contributed by atoms with van der Waals surface area (Å²) in [4.78, 5) is 18.5. The predicted molar refractivity (Wildman–Crippen MR) is 105 cm³/mol. The van der Waals surface area contributed by atoms with Gasteiger partial charge in [0.05, 0.1) is 5.02 Å². The molecule has 8 heteroatoms. The van der Waals surface area contributed by atoms with Gasteiger partial charge in [0.1, 0.15) is 11.4 Å². The van der Waals surface area contributed by atoms with Crippen LogP contribution in [0.2, 0.25) is 5.02 Å². The quantitative estimate of drug-likeness (QED) is 0.705. The highest BCUT2D eigenvalue weighted by Gasteiger charge is 2.17. The summed E-state index contributed by atoms with van der Waals surface area (Å²) in [6.45, 7) is 1.24. The van der Waals surface area contributed by atoms with Crippen LogP contribution in [-0.4, -0.2) is 58.0 Å². The van der Waals surface area contributed by atoms with E-state index >= 15 is 0 Å². The summed E-state index contributed by atoms with van der Waals surface area (Å²) in [7, 11) is 3.88. The smallest absolute Gasteiger partial charge is 0.342 e. The first-order chi connectivity index (χ1) is 13.0. The van der Waals surface area contributed by atoms with Crippen molar-refractivity contribution in [2.75, 3.05) is 27.2 Å². The third-order valence-corrected chi connectivity index (χ3v) is 4.27. The minimum atomic E-state index is -0.316.